The predicted molar refractivity (Wildman–Crippen MR) is 62.1 cm³/mol. The van der Waals surface area contributed by atoms with Crippen LogP contribution in [0.15, 0.2) is 18.2 Å². The Kier molecular flexibility index (Phi) is 2.40. The number of hydrogen-bond donors (Lipinski definition) is 0. The fraction of sp³-hybridized carbons (Fsp3) is 0.417. The quantitative estimate of drug-likeness (QED) is 0.650. The Labute approximate surface area is 97.0 Å². The van der Waals surface area contributed by atoms with Crippen LogP contribution in [-0.2, 0) is 10.3 Å². The Bertz CT molecular complexity index is 426. The third-order valence-corrected chi connectivity index (χ3v) is 6.25. The number of aryl methyl sites for hydroxylation is 1. The molecule has 15 heavy (non-hydrogen) atoms. The fourth-order valence-electron chi connectivity index (χ4n) is 2.03. The average molecular weight is 268 g/mol. The molecule has 1 heterocycles. The van der Waals surface area contributed by atoms with Gasteiger partial charge in [-0.1, -0.05) is 0 Å². The molecule has 0 N–H and O–H groups in total. The number of nitrogens with zero attached hydrogens (tertiary/aromatic N) is 1. The van der Waals surface area contributed by atoms with Crippen molar-refractivity contribution >= 4 is 25.5 Å². The van der Waals surface area contributed by atoms with Gasteiger partial charge in [0.05, 0.1) is 0 Å². The van der Waals surface area contributed by atoms with Crippen molar-refractivity contribution in [3.63, 3.8) is 0 Å². The van der Waals surface area contributed by atoms with E-state index in [1.807, 2.05) is 3.92 Å². The molecule has 80 valence electrons. The van der Waals surface area contributed by atoms with E-state index in [9.17, 15) is 4.79 Å². The van der Waals surface area contributed by atoms with E-state index in [0.29, 0.717) is 0 Å². The predicted octanol–water partition coefficient (Wildman–Crippen LogP) is 1.34. The first-order chi connectivity index (χ1) is 6.94. The van der Waals surface area contributed by atoms with Crippen molar-refractivity contribution in [2.24, 2.45) is 0 Å². The van der Waals surface area contributed by atoms with Gasteiger partial charge in [-0.2, -0.15) is 0 Å². The number of hydrogen-bond acceptors (Lipinski definition) is 1. The molecule has 0 radical (unpaired) electrons. The van der Waals surface area contributed by atoms with Gasteiger partial charge in [0, 0.05) is 0 Å². The molecular weight excluding hydrogens is 253 g/mol. The van der Waals surface area contributed by atoms with E-state index in [1.165, 1.54) is 15.6 Å². The Morgan fingerprint density at radius 1 is 1.40 bits per heavy atom. The van der Waals surface area contributed by atoms with Crippen molar-refractivity contribution < 1.29 is 4.79 Å². The number of rotatable bonds is 0. The summed E-state index contributed by atoms with van der Waals surface area (Å²) >= 11 is 0.149. The first kappa shape index (κ1) is 10.7. The van der Waals surface area contributed by atoms with Crippen LogP contribution in [0, 0.1) is 6.92 Å². The number of amides is 1. The molecule has 2 rings (SSSR count). The average Bonchev–Trinajstić information content (AvgIpc) is 2.40. The normalized spacial score (nSPS) is 17.7. The molecule has 0 saturated heterocycles. The summed E-state index contributed by atoms with van der Waals surface area (Å²) in [6.07, 6.45) is 0. The Morgan fingerprint density at radius 2 is 2.07 bits per heavy atom. The van der Waals surface area contributed by atoms with Gasteiger partial charge < -0.3 is 0 Å². The maximum atomic E-state index is 11.6. The SMILES string of the molecule is CC(=O)N1[Se]c2c(C)cccc2C1(C)C. The molecule has 0 aromatic heterocycles. The summed E-state index contributed by atoms with van der Waals surface area (Å²) in [7, 11) is 0. The molecule has 0 aliphatic carbocycles. The van der Waals surface area contributed by atoms with E-state index in [0.717, 1.165) is 0 Å². The molecule has 0 bridgehead atoms. The summed E-state index contributed by atoms with van der Waals surface area (Å²) < 4.78 is 3.38. The molecule has 1 amide bonds. The molecular formula is C12H15NOSe. The minimum atomic E-state index is -0.132. The van der Waals surface area contributed by atoms with E-state index >= 15 is 0 Å². The van der Waals surface area contributed by atoms with Crippen molar-refractivity contribution in [3.8, 4) is 0 Å². The first-order valence-corrected chi connectivity index (χ1v) is 6.65. The van der Waals surface area contributed by atoms with Crippen LogP contribution in [0.3, 0.4) is 0 Å². The van der Waals surface area contributed by atoms with Gasteiger partial charge in [0.1, 0.15) is 0 Å². The monoisotopic (exact) mass is 269 g/mol. The molecule has 0 spiro atoms. The molecule has 1 aliphatic heterocycles. The van der Waals surface area contributed by atoms with Crippen LogP contribution in [-0.4, -0.2) is 25.0 Å². The van der Waals surface area contributed by atoms with Crippen molar-refractivity contribution in [1.29, 1.82) is 0 Å². The summed E-state index contributed by atoms with van der Waals surface area (Å²) in [5.41, 5.74) is 2.50. The van der Waals surface area contributed by atoms with Crippen LogP contribution in [0.4, 0.5) is 0 Å². The van der Waals surface area contributed by atoms with Crippen molar-refractivity contribution in [2.75, 3.05) is 0 Å². The Balaban J connectivity index is 2.56. The number of carbonyl (C=O) groups excluding carboxylic acids is 1. The van der Waals surface area contributed by atoms with Gasteiger partial charge in [-0.05, 0) is 0 Å². The van der Waals surface area contributed by atoms with Crippen molar-refractivity contribution in [1.82, 2.24) is 3.92 Å². The Morgan fingerprint density at radius 3 is 2.60 bits per heavy atom. The van der Waals surface area contributed by atoms with Crippen LogP contribution >= 0.6 is 0 Å². The van der Waals surface area contributed by atoms with E-state index < -0.39 is 0 Å². The van der Waals surface area contributed by atoms with Gasteiger partial charge in [0.15, 0.2) is 0 Å². The molecule has 3 heteroatoms. The molecule has 2 nitrogen and oxygen atoms in total. The second-order valence-electron chi connectivity index (χ2n) is 4.42. The second kappa shape index (κ2) is 3.36. The molecule has 1 aromatic rings. The van der Waals surface area contributed by atoms with Crippen molar-refractivity contribution in [3.05, 3.63) is 29.3 Å². The van der Waals surface area contributed by atoms with Gasteiger partial charge in [-0.3, -0.25) is 0 Å². The number of fused-ring (bicyclic) bond motifs is 1. The molecule has 0 saturated carbocycles. The van der Waals surface area contributed by atoms with E-state index in [-0.39, 0.29) is 26.6 Å². The van der Waals surface area contributed by atoms with Crippen LogP contribution in [0.1, 0.15) is 31.9 Å². The van der Waals surface area contributed by atoms with Crippen LogP contribution in [0.5, 0.6) is 0 Å². The van der Waals surface area contributed by atoms with Crippen LogP contribution < -0.4 is 4.46 Å². The number of carbonyl (C=O) groups is 1. The summed E-state index contributed by atoms with van der Waals surface area (Å²) in [6, 6.07) is 6.35. The second-order valence-corrected chi connectivity index (χ2v) is 6.42. The van der Waals surface area contributed by atoms with Crippen LogP contribution in [0.25, 0.3) is 0 Å². The van der Waals surface area contributed by atoms with Gasteiger partial charge in [-0.15, -0.1) is 0 Å². The third-order valence-electron chi connectivity index (χ3n) is 2.85. The summed E-state index contributed by atoms with van der Waals surface area (Å²) in [5.74, 6) is 0.176. The number of benzene rings is 1. The molecule has 1 aromatic carbocycles. The van der Waals surface area contributed by atoms with Gasteiger partial charge in [-0.25, -0.2) is 0 Å². The molecule has 1 aliphatic rings. The van der Waals surface area contributed by atoms with Crippen molar-refractivity contribution in [2.45, 2.75) is 33.2 Å². The summed E-state index contributed by atoms with van der Waals surface area (Å²) in [4.78, 5) is 11.6. The van der Waals surface area contributed by atoms with Gasteiger partial charge >= 0.3 is 96.8 Å². The zero-order valence-electron chi connectivity index (χ0n) is 9.50. The Hall–Kier alpha value is -0.791. The molecule has 0 atom stereocenters. The molecule has 0 unspecified atom stereocenters. The maximum absolute atomic E-state index is 11.6. The topological polar surface area (TPSA) is 20.3 Å². The van der Waals surface area contributed by atoms with Gasteiger partial charge in [0.25, 0.3) is 0 Å². The fourth-order valence-corrected chi connectivity index (χ4v) is 4.68. The zero-order chi connectivity index (χ0) is 11.2. The van der Waals surface area contributed by atoms with E-state index in [4.69, 9.17) is 0 Å². The van der Waals surface area contributed by atoms with E-state index in [1.54, 1.807) is 6.92 Å². The van der Waals surface area contributed by atoms with Gasteiger partial charge in [0.2, 0.25) is 0 Å². The zero-order valence-corrected chi connectivity index (χ0v) is 11.2. The summed E-state index contributed by atoms with van der Waals surface area (Å²) in [5, 5.41) is 0. The third kappa shape index (κ3) is 1.50. The minimum absolute atomic E-state index is 0.132. The van der Waals surface area contributed by atoms with E-state index in [2.05, 4.69) is 39.0 Å². The first-order valence-electron chi connectivity index (χ1n) is 5.03. The van der Waals surface area contributed by atoms with Crippen LogP contribution in [0.2, 0.25) is 0 Å². The summed E-state index contributed by atoms with van der Waals surface area (Å²) in [6.45, 7) is 8.04. The molecule has 0 fully saturated rings. The standard InChI is InChI=1S/C12H15NOSe/c1-8-6-5-7-10-11(8)15-13(9(2)14)12(10,3)4/h5-7H,1-4H3.